The number of rotatable bonds is 0. The third-order valence-corrected chi connectivity index (χ3v) is 4.13. The topological polar surface area (TPSA) is 65.8 Å². The number of urea groups is 1. The van der Waals surface area contributed by atoms with E-state index in [0.717, 1.165) is 27.0 Å². The van der Waals surface area contributed by atoms with Gasteiger partial charge in [-0.25, -0.2) is 4.79 Å². The molecule has 1 saturated heterocycles. The Morgan fingerprint density at radius 1 is 1.47 bits per heavy atom. The summed E-state index contributed by atoms with van der Waals surface area (Å²) in [4.78, 5) is 25.2. The zero-order valence-electron chi connectivity index (χ0n) is 8.01. The summed E-state index contributed by atoms with van der Waals surface area (Å²) in [7, 11) is 1.69. The average Bonchev–Trinajstić information content (AvgIpc) is 2.63. The quantitative estimate of drug-likeness (QED) is 0.640. The second kappa shape index (κ2) is 2.61. The second-order valence-electron chi connectivity index (χ2n) is 3.76. The average molecular weight is 227 g/mol. The van der Waals surface area contributed by atoms with Crippen LogP contribution in [0.15, 0.2) is 4.79 Å². The van der Waals surface area contributed by atoms with Crippen LogP contribution >= 0.6 is 11.3 Å². The highest BCUT2D eigenvalue weighted by molar-refractivity contribution is 7.09. The molecule has 3 rings (SSSR count). The molecule has 7 heteroatoms. The number of hydrogen-bond donors (Lipinski definition) is 1. The summed E-state index contributed by atoms with van der Waals surface area (Å²) in [5.74, 6) is 0. The van der Waals surface area contributed by atoms with Crippen LogP contribution in [-0.2, 0) is 13.6 Å². The number of carbonyl (C=O) groups is 1. The first-order chi connectivity index (χ1) is 7.09. The van der Waals surface area contributed by atoms with E-state index >= 15 is 0 Å². The maximum atomic E-state index is 11.5. The van der Waals surface area contributed by atoms with E-state index in [-0.39, 0.29) is 16.9 Å². The molecule has 2 bridgehead atoms. The van der Waals surface area contributed by atoms with E-state index in [1.54, 1.807) is 16.5 Å². The molecular formula is C8H9N3O3S. The molecule has 2 aliphatic rings. The lowest BCUT2D eigenvalue weighted by molar-refractivity contribution is -0.0578. The van der Waals surface area contributed by atoms with Gasteiger partial charge >= 0.3 is 10.9 Å². The van der Waals surface area contributed by atoms with E-state index in [1.807, 2.05) is 0 Å². The molecular weight excluding hydrogens is 218 g/mol. The Balaban J connectivity index is 2.20. The Morgan fingerprint density at radius 2 is 2.20 bits per heavy atom. The van der Waals surface area contributed by atoms with Crippen LogP contribution in [0.4, 0.5) is 4.79 Å². The molecule has 2 aliphatic heterocycles. The number of hydroxylamine groups is 2. The van der Waals surface area contributed by atoms with Gasteiger partial charge in [0.2, 0.25) is 0 Å². The van der Waals surface area contributed by atoms with Gasteiger partial charge in [0.1, 0.15) is 6.04 Å². The molecule has 3 heterocycles. The lowest BCUT2D eigenvalue weighted by atomic mass is 10.1. The lowest BCUT2D eigenvalue weighted by Gasteiger charge is -2.20. The molecule has 6 nitrogen and oxygen atoms in total. The van der Waals surface area contributed by atoms with Crippen molar-refractivity contribution in [3.63, 3.8) is 0 Å². The van der Waals surface area contributed by atoms with Gasteiger partial charge in [-0.2, -0.15) is 5.06 Å². The summed E-state index contributed by atoms with van der Waals surface area (Å²) in [5, 5.41) is 10.3. The van der Waals surface area contributed by atoms with E-state index in [0.29, 0.717) is 13.1 Å². The Bertz CT molecular complexity index is 506. The van der Waals surface area contributed by atoms with E-state index in [1.165, 1.54) is 0 Å². The van der Waals surface area contributed by atoms with E-state index in [4.69, 9.17) is 0 Å². The van der Waals surface area contributed by atoms with Crippen molar-refractivity contribution < 1.29 is 10.0 Å². The zero-order chi connectivity index (χ0) is 10.7. The first-order valence-electron chi connectivity index (χ1n) is 4.55. The summed E-state index contributed by atoms with van der Waals surface area (Å²) in [6, 6.07) is -0.740. The maximum Gasteiger partial charge on any atom is 0.344 e. The highest BCUT2D eigenvalue weighted by atomic mass is 32.1. The molecule has 1 unspecified atom stereocenters. The minimum absolute atomic E-state index is 0.0467. The number of hydrogen-bond acceptors (Lipinski definition) is 4. The van der Waals surface area contributed by atoms with Crippen molar-refractivity contribution in [2.45, 2.75) is 12.6 Å². The smallest absolute Gasteiger partial charge is 0.314 e. The number of aromatic nitrogens is 1. The number of thiazole rings is 1. The van der Waals surface area contributed by atoms with Crippen molar-refractivity contribution in [3.8, 4) is 0 Å². The summed E-state index contributed by atoms with van der Waals surface area (Å²) in [6.45, 7) is 0.888. The molecule has 0 radical (unpaired) electrons. The van der Waals surface area contributed by atoms with Gasteiger partial charge in [-0.1, -0.05) is 11.3 Å². The summed E-state index contributed by atoms with van der Waals surface area (Å²) >= 11 is 1.11. The van der Waals surface area contributed by atoms with Crippen LogP contribution in [0, 0.1) is 0 Å². The van der Waals surface area contributed by atoms with Gasteiger partial charge < -0.3 is 9.47 Å². The minimum Gasteiger partial charge on any atom is -0.314 e. The Kier molecular flexibility index (Phi) is 1.56. The number of amides is 2. The van der Waals surface area contributed by atoms with E-state index in [9.17, 15) is 14.8 Å². The summed E-state index contributed by atoms with van der Waals surface area (Å²) in [6.07, 6.45) is 0. The van der Waals surface area contributed by atoms with Crippen LogP contribution in [0.25, 0.3) is 0 Å². The van der Waals surface area contributed by atoms with Crippen molar-refractivity contribution in [2.75, 3.05) is 6.54 Å². The summed E-state index contributed by atoms with van der Waals surface area (Å²) in [5.41, 5.74) is 0.839. The van der Waals surface area contributed by atoms with Crippen LogP contribution in [0.3, 0.4) is 0 Å². The van der Waals surface area contributed by atoms with Crippen molar-refractivity contribution in [1.29, 1.82) is 0 Å². The molecule has 1 aromatic rings. The predicted octanol–water partition coefficient (Wildman–Crippen LogP) is 0.128. The first kappa shape index (κ1) is 8.93. The summed E-state index contributed by atoms with van der Waals surface area (Å²) < 4.78 is 1.55. The second-order valence-corrected chi connectivity index (χ2v) is 4.75. The highest BCUT2D eigenvalue weighted by Crippen LogP contribution is 2.37. The van der Waals surface area contributed by atoms with Crippen molar-refractivity contribution >= 4 is 17.4 Å². The van der Waals surface area contributed by atoms with E-state index in [2.05, 4.69) is 0 Å². The van der Waals surface area contributed by atoms with Crippen LogP contribution in [0.1, 0.15) is 16.6 Å². The third kappa shape index (κ3) is 0.963. The highest BCUT2D eigenvalue weighted by Gasteiger charge is 2.44. The molecule has 0 spiro atoms. The molecule has 80 valence electrons. The van der Waals surface area contributed by atoms with Gasteiger partial charge in [0.25, 0.3) is 0 Å². The van der Waals surface area contributed by atoms with Crippen molar-refractivity contribution in [2.24, 2.45) is 7.05 Å². The standard InChI is InChI=1S/C8H9N3O3S/c1-9-4-2-10-3-5(11(14)7(10)12)6(4)15-8(9)13/h5,14H,2-3H2,1H3. The molecule has 1 fully saturated rings. The largest absolute Gasteiger partial charge is 0.344 e. The minimum atomic E-state index is -0.379. The van der Waals surface area contributed by atoms with Gasteiger partial charge in [-0.3, -0.25) is 10.0 Å². The van der Waals surface area contributed by atoms with Gasteiger partial charge in [-0.05, 0) is 0 Å². The molecule has 1 atom stereocenters. The molecule has 2 amide bonds. The number of carbonyl (C=O) groups excluding carboxylic acids is 1. The SMILES string of the molecule is Cn1c2c(sc1=O)C1CN(C2)C(=O)N1O. The first-order valence-corrected chi connectivity index (χ1v) is 5.37. The van der Waals surface area contributed by atoms with Crippen molar-refractivity contribution in [3.05, 3.63) is 20.2 Å². The molecule has 0 saturated carbocycles. The van der Waals surface area contributed by atoms with Crippen molar-refractivity contribution in [1.82, 2.24) is 14.5 Å². The number of nitrogens with zero attached hydrogens (tertiary/aromatic N) is 3. The van der Waals surface area contributed by atoms with Crippen LogP contribution in [-0.4, -0.2) is 32.3 Å². The monoisotopic (exact) mass is 227 g/mol. The Hall–Kier alpha value is -1.34. The van der Waals surface area contributed by atoms with Crippen LogP contribution in [0.2, 0.25) is 0 Å². The lowest BCUT2D eigenvalue weighted by Crippen LogP contribution is -2.30. The van der Waals surface area contributed by atoms with Gasteiger partial charge in [0.15, 0.2) is 0 Å². The fraction of sp³-hybridized carbons (Fsp3) is 0.500. The van der Waals surface area contributed by atoms with Gasteiger partial charge in [-0.15, -0.1) is 0 Å². The fourth-order valence-electron chi connectivity index (χ4n) is 2.09. The normalized spacial score (nSPS) is 23.6. The van der Waals surface area contributed by atoms with Gasteiger partial charge in [0, 0.05) is 7.05 Å². The van der Waals surface area contributed by atoms with Gasteiger partial charge in [0.05, 0.1) is 23.7 Å². The molecule has 0 aromatic carbocycles. The number of fused-ring (bicyclic) bond motifs is 4. The molecule has 1 aromatic heterocycles. The molecule has 1 N–H and O–H groups in total. The molecule has 0 aliphatic carbocycles. The Labute approximate surface area is 88.9 Å². The third-order valence-electron chi connectivity index (χ3n) is 2.96. The fourth-order valence-corrected chi connectivity index (χ4v) is 3.16. The molecule has 15 heavy (non-hydrogen) atoms. The Morgan fingerprint density at radius 3 is 2.93 bits per heavy atom. The van der Waals surface area contributed by atoms with Crippen LogP contribution in [0.5, 0.6) is 0 Å². The zero-order valence-corrected chi connectivity index (χ0v) is 8.82. The maximum absolute atomic E-state index is 11.5. The predicted molar refractivity (Wildman–Crippen MR) is 51.7 cm³/mol. The van der Waals surface area contributed by atoms with Crippen LogP contribution < -0.4 is 4.87 Å². The van der Waals surface area contributed by atoms with E-state index < -0.39 is 0 Å².